The zero-order valence-electron chi connectivity index (χ0n) is 13.5. The van der Waals surface area contributed by atoms with E-state index < -0.39 is 0 Å². The van der Waals surface area contributed by atoms with Gasteiger partial charge in [-0.05, 0) is 24.6 Å². The molecule has 0 aliphatic heterocycles. The van der Waals surface area contributed by atoms with Crippen LogP contribution in [-0.2, 0) is 16.1 Å². The molecule has 0 saturated carbocycles. The Bertz CT molecular complexity index is 725. The summed E-state index contributed by atoms with van der Waals surface area (Å²) in [7, 11) is 0. The van der Waals surface area contributed by atoms with Crippen molar-refractivity contribution < 1.29 is 9.59 Å². The Morgan fingerprint density at radius 1 is 1.04 bits per heavy atom. The highest BCUT2D eigenvalue weighted by Gasteiger charge is 2.16. The maximum Gasteiger partial charge on any atom is 0.244 e. The van der Waals surface area contributed by atoms with Gasteiger partial charge < -0.3 is 10.2 Å². The van der Waals surface area contributed by atoms with Crippen LogP contribution in [0.1, 0.15) is 18.1 Å². The van der Waals surface area contributed by atoms with Crippen LogP contribution in [0.5, 0.6) is 0 Å². The summed E-state index contributed by atoms with van der Waals surface area (Å²) in [5.74, 6) is -0.539. The van der Waals surface area contributed by atoms with Gasteiger partial charge in [0.15, 0.2) is 0 Å². The molecule has 0 atom stereocenters. The molecule has 126 valence electrons. The van der Waals surface area contributed by atoms with Crippen molar-refractivity contribution in [1.29, 1.82) is 0 Å². The summed E-state index contributed by atoms with van der Waals surface area (Å²) in [6, 6.07) is 12.8. The monoisotopic (exact) mass is 364 g/mol. The highest BCUT2D eigenvalue weighted by atomic mass is 35.5. The molecule has 0 aliphatic rings. The number of rotatable bonds is 5. The fourth-order valence-electron chi connectivity index (χ4n) is 2.16. The van der Waals surface area contributed by atoms with Crippen LogP contribution in [0.3, 0.4) is 0 Å². The molecule has 24 heavy (non-hydrogen) atoms. The lowest BCUT2D eigenvalue weighted by Crippen LogP contribution is -2.36. The molecule has 0 radical (unpaired) electrons. The van der Waals surface area contributed by atoms with E-state index in [9.17, 15) is 9.59 Å². The first-order valence-electron chi connectivity index (χ1n) is 7.41. The molecule has 6 heteroatoms. The zero-order valence-corrected chi connectivity index (χ0v) is 15.0. The van der Waals surface area contributed by atoms with E-state index in [4.69, 9.17) is 23.2 Å². The van der Waals surface area contributed by atoms with Gasteiger partial charge in [0.25, 0.3) is 0 Å². The predicted molar refractivity (Wildman–Crippen MR) is 97.4 cm³/mol. The van der Waals surface area contributed by atoms with Crippen molar-refractivity contribution in [2.75, 3.05) is 11.9 Å². The second-order valence-electron chi connectivity index (χ2n) is 5.51. The fraction of sp³-hybridized carbons (Fsp3) is 0.222. The average Bonchev–Trinajstić information content (AvgIpc) is 2.52. The van der Waals surface area contributed by atoms with Gasteiger partial charge in [-0.15, -0.1) is 0 Å². The minimum absolute atomic E-state index is 0.0786. The molecule has 2 aromatic carbocycles. The average molecular weight is 365 g/mol. The fourth-order valence-corrected chi connectivity index (χ4v) is 2.65. The summed E-state index contributed by atoms with van der Waals surface area (Å²) in [4.78, 5) is 25.5. The highest BCUT2D eigenvalue weighted by molar-refractivity contribution is 6.39. The van der Waals surface area contributed by atoms with E-state index in [1.165, 1.54) is 11.8 Å². The van der Waals surface area contributed by atoms with E-state index >= 15 is 0 Å². The van der Waals surface area contributed by atoms with Gasteiger partial charge in [0.1, 0.15) is 6.54 Å². The molecule has 0 saturated heterocycles. The number of amides is 2. The van der Waals surface area contributed by atoms with Crippen LogP contribution in [0, 0.1) is 6.92 Å². The van der Waals surface area contributed by atoms with Gasteiger partial charge in [0.2, 0.25) is 11.8 Å². The Balaban J connectivity index is 2.06. The molecule has 2 aromatic rings. The van der Waals surface area contributed by atoms with Gasteiger partial charge in [-0.1, -0.05) is 59.1 Å². The number of halogens is 2. The molecule has 1 N–H and O–H groups in total. The Hall–Kier alpha value is -2.04. The third kappa shape index (κ3) is 4.98. The number of para-hydroxylation sites is 1. The molecular formula is C18H18Cl2N2O2. The van der Waals surface area contributed by atoms with Crippen molar-refractivity contribution in [1.82, 2.24) is 4.90 Å². The zero-order chi connectivity index (χ0) is 17.7. The normalized spacial score (nSPS) is 10.3. The number of carbonyl (C=O) groups excluding carboxylic acids is 2. The van der Waals surface area contributed by atoms with Crippen molar-refractivity contribution in [2.45, 2.75) is 20.4 Å². The lowest BCUT2D eigenvalue weighted by atomic mass is 10.1. The molecule has 0 unspecified atom stereocenters. The van der Waals surface area contributed by atoms with Crippen molar-refractivity contribution in [2.24, 2.45) is 0 Å². The first-order chi connectivity index (χ1) is 11.4. The number of carbonyl (C=O) groups is 2. The third-order valence-corrected chi connectivity index (χ3v) is 4.13. The lowest BCUT2D eigenvalue weighted by molar-refractivity contribution is -0.133. The molecule has 0 fully saturated rings. The van der Waals surface area contributed by atoms with E-state index in [0.717, 1.165) is 11.1 Å². The van der Waals surface area contributed by atoms with Crippen molar-refractivity contribution >= 4 is 40.7 Å². The van der Waals surface area contributed by atoms with E-state index in [1.54, 1.807) is 18.2 Å². The largest absolute Gasteiger partial charge is 0.329 e. The molecule has 0 aromatic heterocycles. The molecule has 0 bridgehead atoms. The van der Waals surface area contributed by atoms with Crippen molar-refractivity contribution in [3.8, 4) is 0 Å². The number of hydrogen-bond acceptors (Lipinski definition) is 2. The van der Waals surface area contributed by atoms with Gasteiger partial charge >= 0.3 is 0 Å². The summed E-state index contributed by atoms with van der Waals surface area (Å²) in [5, 5.41) is 3.36. The summed E-state index contributed by atoms with van der Waals surface area (Å²) < 4.78 is 0. The molecule has 2 amide bonds. The maximum absolute atomic E-state index is 12.3. The highest BCUT2D eigenvalue weighted by Crippen LogP contribution is 2.29. The maximum atomic E-state index is 12.3. The molecule has 0 spiro atoms. The number of anilines is 1. The van der Waals surface area contributed by atoms with Gasteiger partial charge in [-0.3, -0.25) is 9.59 Å². The quantitative estimate of drug-likeness (QED) is 0.859. The summed E-state index contributed by atoms with van der Waals surface area (Å²) >= 11 is 12.1. The lowest BCUT2D eigenvalue weighted by Gasteiger charge is -2.21. The number of benzene rings is 2. The second kappa shape index (κ2) is 8.18. The molecule has 4 nitrogen and oxygen atoms in total. The minimum Gasteiger partial charge on any atom is -0.329 e. The molecule has 2 rings (SSSR count). The first kappa shape index (κ1) is 18.3. The van der Waals surface area contributed by atoms with E-state index in [2.05, 4.69) is 5.32 Å². The Morgan fingerprint density at radius 2 is 1.62 bits per heavy atom. The summed E-state index contributed by atoms with van der Waals surface area (Å²) in [5.41, 5.74) is 2.45. The van der Waals surface area contributed by atoms with Gasteiger partial charge in [0, 0.05) is 13.5 Å². The Labute approximate surface area is 151 Å². The Kier molecular flexibility index (Phi) is 6.23. The summed E-state index contributed by atoms with van der Waals surface area (Å²) in [6.45, 7) is 3.71. The number of nitrogens with one attached hydrogen (secondary N) is 1. The van der Waals surface area contributed by atoms with Gasteiger partial charge in [-0.25, -0.2) is 0 Å². The van der Waals surface area contributed by atoms with Crippen molar-refractivity contribution in [3.05, 3.63) is 63.6 Å². The van der Waals surface area contributed by atoms with Crippen LogP contribution in [0.15, 0.2) is 42.5 Å². The van der Waals surface area contributed by atoms with Crippen molar-refractivity contribution in [3.63, 3.8) is 0 Å². The first-order valence-corrected chi connectivity index (χ1v) is 8.17. The van der Waals surface area contributed by atoms with E-state index in [-0.39, 0.29) is 18.4 Å². The summed E-state index contributed by atoms with van der Waals surface area (Å²) in [6.07, 6.45) is 0. The van der Waals surface area contributed by atoms with Gasteiger partial charge in [-0.2, -0.15) is 0 Å². The topological polar surface area (TPSA) is 49.4 Å². The standard InChI is InChI=1S/C18H18Cl2N2O2/c1-12-6-8-14(9-7-12)10-22(13(2)23)11-17(24)21-18-15(19)4-3-5-16(18)20/h3-9H,10-11H2,1-2H3,(H,21,24). The number of nitrogens with zero attached hydrogens (tertiary/aromatic N) is 1. The molecular weight excluding hydrogens is 347 g/mol. The smallest absolute Gasteiger partial charge is 0.244 e. The molecule has 0 aliphatic carbocycles. The number of aryl methyl sites for hydroxylation is 1. The van der Waals surface area contributed by atoms with E-state index in [1.807, 2.05) is 31.2 Å². The van der Waals surface area contributed by atoms with E-state index in [0.29, 0.717) is 22.3 Å². The Morgan fingerprint density at radius 3 is 2.17 bits per heavy atom. The second-order valence-corrected chi connectivity index (χ2v) is 6.32. The predicted octanol–water partition coefficient (Wildman–Crippen LogP) is 4.29. The minimum atomic E-state index is -0.354. The molecule has 0 heterocycles. The van der Waals surface area contributed by atoms with Crippen LogP contribution in [0.2, 0.25) is 10.0 Å². The third-order valence-electron chi connectivity index (χ3n) is 3.50. The van der Waals surface area contributed by atoms with Gasteiger partial charge in [0.05, 0.1) is 15.7 Å². The SMILES string of the molecule is CC(=O)N(CC(=O)Nc1c(Cl)cccc1Cl)Cc1ccc(C)cc1. The van der Waals surface area contributed by atoms with Crippen LogP contribution in [0.25, 0.3) is 0 Å². The van der Waals surface area contributed by atoms with Crippen LogP contribution < -0.4 is 5.32 Å². The van der Waals surface area contributed by atoms with Crippen LogP contribution >= 0.6 is 23.2 Å². The number of hydrogen-bond donors (Lipinski definition) is 1. The van der Waals surface area contributed by atoms with Crippen LogP contribution in [0.4, 0.5) is 5.69 Å². The van der Waals surface area contributed by atoms with Crippen LogP contribution in [-0.4, -0.2) is 23.3 Å².